The van der Waals surface area contributed by atoms with Crippen LogP contribution in [0.4, 0.5) is 4.79 Å². The Kier molecular flexibility index (Phi) is 4.33. The summed E-state index contributed by atoms with van der Waals surface area (Å²) in [6.07, 6.45) is 5.36. The largest absolute Gasteiger partial charge is 0.368 e. The number of urea groups is 1. The highest BCUT2D eigenvalue weighted by Crippen LogP contribution is 2.34. The Labute approximate surface area is 129 Å². The zero-order chi connectivity index (χ0) is 15.6. The third kappa shape index (κ3) is 2.82. The van der Waals surface area contributed by atoms with Crippen LogP contribution < -0.4 is 10.6 Å². The fraction of sp³-hybridized carbons (Fsp3) is 0.800. The summed E-state index contributed by atoms with van der Waals surface area (Å²) >= 11 is 0. The molecule has 3 rings (SSSR count). The number of rotatable bonds is 5. The van der Waals surface area contributed by atoms with Gasteiger partial charge in [0.15, 0.2) is 0 Å². The number of carbonyl (C=O) groups excluding carboxylic acids is 3. The molecular weight excluding hydrogens is 286 g/mol. The molecule has 2 heterocycles. The van der Waals surface area contributed by atoms with Crippen molar-refractivity contribution in [1.82, 2.24) is 15.5 Å². The summed E-state index contributed by atoms with van der Waals surface area (Å²) in [6.45, 7) is 1.43. The molecule has 0 radical (unpaired) electrons. The summed E-state index contributed by atoms with van der Waals surface area (Å²) in [6, 6.07) is -0.294. The Hall–Kier alpha value is -1.63. The van der Waals surface area contributed by atoms with Gasteiger partial charge >= 0.3 is 6.03 Å². The van der Waals surface area contributed by atoms with Crippen molar-refractivity contribution in [2.45, 2.75) is 56.6 Å². The van der Waals surface area contributed by atoms with Gasteiger partial charge in [0.2, 0.25) is 5.91 Å². The van der Waals surface area contributed by atoms with Crippen molar-refractivity contribution in [3.8, 4) is 0 Å². The molecule has 7 heteroatoms. The van der Waals surface area contributed by atoms with E-state index < -0.39 is 5.54 Å². The number of imide groups is 1. The first-order chi connectivity index (χ1) is 10.6. The van der Waals surface area contributed by atoms with Crippen LogP contribution in [-0.4, -0.2) is 54.1 Å². The topological polar surface area (TPSA) is 87.7 Å². The lowest BCUT2D eigenvalue weighted by molar-refractivity contribution is -0.131. The fourth-order valence-corrected chi connectivity index (χ4v) is 3.54. The van der Waals surface area contributed by atoms with Crippen LogP contribution in [0.3, 0.4) is 0 Å². The van der Waals surface area contributed by atoms with Gasteiger partial charge in [-0.15, -0.1) is 0 Å². The Balaban J connectivity index is 1.42. The zero-order valence-corrected chi connectivity index (χ0v) is 12.7. The van der Waals surface area contributed by atoms with Gasteiger partial charge in [-0.1, -0.05) is 12.8 Å². The summed E-state index contributed by atoms with van der Waals surface area (Å²) < 4.78 is 5.30. The SMILES string of the molecule is O=C(NCCCN1C(=O)NC2(CCCC2)C1=O)C1CCCO1. The highest BCUT2D eigenvalue weighted by Gasteiger charge is 2.51. The van der Waals surface area contributed by atoms with Crippen molar-refractivity contribution in [3.05, 3.63) is 0 Å². The maximum absolute atomic E-state index is 12.4. The van der Waals surface area contributed by atoms with Gasteiger partial charge in [-0.25, -0.2) is 4.79 Å². The molecule has 2 aliphatic heterocycles. The molecular formula is C15H23N3O4. The van der Waals surface area contributed by atoms with E-state index in [1.165, 1.54) is 4.90 Å². The van der Waals surface area contributed by atoms with E-state index in [2.05, 4.69) is 10.6 Å². The number of amides is 4. The van der Waals surface area contributed by atoms with Gasteiger partial charge in [0.25, 0.3) is 5.91 Å². The minimum absolute atomic E-state index is 0.0954. The quantitative estimate of drug-likeness (QED) is 0.573. The van der Waals surface area contributed by atoms with E-state index in [-0.39, 0.29) is 23.9 Å². The number of nitrogens with zero attached hydrogens (tertiary/aromatic N) is 1. The Morgan fingerprint density at radius 3 is 2.77 bits per heavy atom. The van der Waals surface area contributed by atoms with Crippen molar-refractivity contribution in [3.63, 3.8) is 0 Å². The number of carbonyl (C=O) groups is 3. The molecule has 1 atom stereocenters. The lowest BCUT2D eigenvalue weighted by Crippen LogP contribution is -2.44. The standard InChI is InChI=1S/C15H23N3O4/c19-12(11-5-3-10-22-11)16-8-4-9-18-13(20)15(17-14(18)21)6-1-2-7-15/h11H,1-10H2,(H,16,19)(H,17,21). The number of hydrogen-bond acceptors (Lipinski definition) is 4. The second-order valence-electron chi connectivity index (χ2n) is 6.32. The Morgan fingerprint density at radius 2 is 2.09 bits per heavy atom. The summed E-state index contributed by atoms with van der Waals surface area (Å²) in [5.41, 5.74) is -0.641. The van der Waals surface area contributed by atoms with Gasteiger partial charge in [-0.05, 0) is 32.1 Å². The van der Waals surface area contributed by atoms with Crippen LogP contribution in [0.5, 0.6) is 0 Å². The first-order valence-electron chi connectivity index (χ1n) is 8.16. The maximum Gasteiger partial charge on any atom is 0.325 e. The highest BCUT2D eigenvalue weighted by atomic mass is 16.5. The van der Waals surface area contributed by atoms with E-state index >= 15 is 0 Å². The highest BCUT2D eigenvalue weighted by molar-refractivity contribution is 6.07. The molecule has 2 saturated heterocycles. The van der Waals surface area contributed by atoms with Crippen molar-refractivity contribution < 1.29 is 19.1 Å². The van der Waals surface area contributed by atoms with Crippen LogP contribution in [0.1, 0.15) is 44.9 Å². The average Bonchev–Trinajstić information content (AvgIpc) is 3.21. The average molecular weight is 309 g/mol. The van der Waals surface area contributed by atoms with Gasteiger partial charge in [-0.3, -0.25) is 14.5 Å². The van der Waals surface area contributed by atoms with Gasteiger partial charge < -0.3 is 15.4 Å². The van der Waals surface area contributed by atoms with Crippen molar-refractivity contribution in [2.24, 2.45) is 0 Å². The zero-order valence-electron chi connectivity index (χ0n) is 12.7. The molecule has 0 aromatic carbocycles. The molecule has 1 aliphatic carbocycles. The van der Waals surface area contributed by atoms with E-state index in [0.717, 1.165) is 38.5 Å². The van der Waals surface area contributed by atoms with Crippen LogP contribution in [0.2, 0.25) is 0 Å². The van der Waals surface area contributed by atoms with Crippen LogP contribution in [0.25, 0.3) is 0 Å². The lowest BCUT2D eigenvalue weighted by Gasteiger charge is -2.20. The molecule has 122 valence electrons. The molecule has 7 nitrogen and oxygen atoms in total. The number of nitrogens with one attached hydrogen (secondary N) is 2. The first-order valence-corrected chi connectivity index (χ1v) is 8.16. The molecule has 1 spiro atoms. The smallest absolute Gasteiger partial charge is 0.325 e. The monoisotopic (exact) mass is 309 g/mol. The third-order valence-electron chi connectivity index (χ3n) is 4.78. The van der Waals surface area contributed by atoms with Crippen LogP contribution in [-0.2, 0) is 14.3 Å². The van der Waals surface area contributed by atoms with Gasteiger partial charge in [0, 0.05) is 19.7 Å². The third-order valence-corrected chi connectivity index (χ3v) is 4.78. The Bertz CT molecular complexity index is 467. The van der Waals surface area contributed by atoms with Crippen LogP contribution in [0, 0.1) is 0 Å². The van der Waals surface area contributed by atoms with Gasteiger partial charge in [0.1, 0.15) is 11.6 Å². The second kappa shape index (κ2) is 6.24. The maximum atomic E-state index is 12.4. The van der Waals surface area contributed by atoms with Crippen molar-refractivity contribution in [1.29, 1.82) is 0 Å². The predicted octanol–water partition coefficient (Wildman–Crippen LogP) is 0.536. The van der Waals surface area contributed by atoms with Crippen molar-refractivity contribution in [2.75, 3.05) is 19.7 Å². The summed E-state index contributed by atoms with van der Waals surface area (Å²) in [7, 11) is 0. The fourth-order valence-electron chi connectivity index (χ4n) is 3.54. The number of ether oxygens (including phenoxy) is 1. The van der Waals surface area contributed by atoms with Crippen molar-refractivity contribution >= 4 is 17.8 Å². The number of hydrogen-bond donors (Lipinski definition) is 2. The summed E-state index contributed by atoms with van der Waals surface area (Å²) in [5.74, 6) is -0.192. The Morgan fingerprint density at radius 1 is 1.32 bits per heavy atom. The molecule has 1 unspecified atom stereocenters. The molecule has 3 fully saturated rings. The van der Waals surface area contributed by atoms with Gasteiger partial charge in [0.05, 0.1) is 0 Å². The lowest BCUT2D eigenvalue weighted by atomic mass is 9.98. The molecule has 0 bridgehead atoms. The van der Waals surface area contributed by atoms with Crippen LogP contribution >= 0.6 is 0 Å². The first kappa shape index (κ1) is 15.3. The summed E-state index contributed by atoms with van der Waals surface area (Å²) in [4.78, 5) is 37.5. The van der Waals surface area contributed by atoms with E-state index in [1.54, 1.807) is 0 Å². The minimum atomic E-state index is -0.641. The summed E-state index contributed by atoms with van der Waals surface area (Å²) in [5, 5.41) is 5.66. The molecule has 1 saturated carbocycles. The molecule has 22 heavy (non-hydrogen) atoms. The molecule has 3 aliphatic rings. The molecule has 0 aromatic rings. The van der Waals surface area contributed by atoms with E-state index in [4.69, 9.17) is 4.74 Å². The normalized spacial score (nSPS) is 26.7. The van der Waals surface area contributed by atoms with E-state index in [9.17, 15) is 14.4 Å². The van der Waals surface area contributed by atoms with E-state index in [0.29, 0.717) is 26.1 Å². The van der Waals surface area contributed by atoms with Gasteiger partial charge in [-0.2, -0.15) is 0 Å². The van der Waals surface area contributed by atoms with E-state index in [1.807, 2.05) is 0 Å². The predicted molar refractivity (Wildman–Crippen MR) is 78.0 cm³/mol. The molecule has 0 aromatic heterocycles. The van der Waals surface area contributed by atoms with Crippen LogP contribution in [0.15, 0.2) is 0 Å². The molecule has 2 N–H and O–H groups in total. The second-order valence-corrected chi connectivity index (χ2v) is 6.32. The minimum Gasteiger partial charge on any atom is -0.368 e. The molecule has 4 amide bonds.